The lowest BCUT2D eigenvalue weighted by Crippen LogP contribution is -2.35. The molecule has 0 spiro atoms. The molecule has 2 N–H and O–H groups in total. The van der Waals surface area contributed by atoms with Crippen LogP contribution in [0.15, 0.2) is 53.7 Å². The van der Waals surface area contributed by atoms with E-state index in [1.54, 1.807) is 12.1 Å². The standard InChI is InChI=1S/C18H16N2O2/c21-17-10-12-5-2-1-4-11(12)8-15(17)18(22)20-19-16-9-13-6-3-7-14(13)16/h1-6,8,10,13-14,21H,7,9H2,(H,20,22)/b19-16+/t13-,14+/m1/s1. The summed E-state index contributed by atoms with van der Waals surface area (Å²) in [5.41, 5.74) is 3.88. The van der Waals surface area contributed by atoms with Crippen LogP contribution in [0.25, 0.3) is 10.8 Å². The number of fused-ring (bicyclic) bond motifs is 2. The molecule has 1 amide bonds. The summed E-state index contributed by atoms with van der Waals surface area (Å²) >= 11 is 0. The van der Waals surface area contributed by atoms with Gasteiger partial charge in [-0.15, -0.1) is 0 Å². The van der Waals surface area contributed by atoms with Crippen molar-refractivity contribution in [1.29, 1.82) is 0 Å². The molecule has 0 radical (unpaired) electrons. The van der Waals surface area contributed by atoms with Crippen molar-refractivity contribution in [3.05, 3.63) is 54.1 Å². The second-order valence-electron chi connectivity index (χ2n) is 5.90. The largest absolute Gasteiger partial charge is 0.507 e. The van der Waals surface area contributed by atoms with E-state index in [9.17, 15) is 9.90 Å². The van der Waals surface area contributed by atoms with Crippen LogP contribution in [0.5, 0.6) is 5.75 Å². The average Bonchev–Trinajstić information content (AvgIpc) is 2.88. The van der Waals surface area contributed by atoms with Crippen LogP contribution in [0.1, 0.15) is 23.2 Å². The van der Waals surface area contributed by atoms with E-state index in [2.05, 4.69) is 22.7 Å². The summed E-state index contributed by atoms with van der Waals surface area (Å²) in [5, 5.41) is 16.1. The molecule has 110 valence electrons. The molecule has 0 heterocycles. The van der Waals surface area contributed by atoms with Gasteiger partial charge in [0.1, 0.15) is 5.75 Å². The second kappa shape index (κ2) is 4.98. The van der Waals surface area contributed by atoms with Crippen LogP contribution in [0.4, 0.5) is 0 Å². The van der Waals surface area contributed by atoms with Crippen molar-refractivity contribution in [2.45, 2.75) is 12.8 Å². The Hall–Kier alpha value is -2.62. The highest BCUT2D eigenvalue weighted by atomic mass is 16.3. The zero-order valence-corrected chi connectivity index (χ0v) is 12.0. The van der Waals surface area contributed by atoms with E-state index >= 15 is 0 Å². The Morgan fingerprint density at radius 3 is 2.77 bits per heavy atom. The van der Waals surface area contributed by atoms with Crippen LogP contribution in [-0.4, -0.2) is 16.7 Å². The normalized spacial score (nSPS) is 24.3. The number of phenols is 1. The number of nitrogens with zero attached hydrogens (tertiary/aromatic N) is 1. The Kier molecular flexibility index (Phi) is 2.96. The van der Waals surface area contributed by atoms with Gasteiger partial charge in [-0.1, -0.05) is 36.4 Å². The molecule has 1 saturated carbocycles. The number of nitrogens with one attached hydrogen (secondary N) is 1. The second-order valence-corrected chi connectivity index (χ2v) is 5.90. The highest BCUT2D eigenvalue weighted by molar-refractivity contribution is 6.02. The van der Waals surface area contributed by atoms with Gasteiger partial charge in [0.2, 0.25) is 0 Å². The van der Waals surface area contributed by atoms with E-state index in [4.69, 9.17) is 0 Å². The Morgan fingerprint density at radius 1 is 1.23 bits per heavy atom. The molecular weight excluding hydrogens is 276 g/mol. The van der Waals surface area contributed by atoms with Gasteiger partial charge in [-0.05, 0) is 41.7 Å². The van der Waals surface area contributed by atoms with Crippen molar-refractivity contribution < 1.29 is 9.90 Å². The van der Waals surface area contributed by atoms with Gasteiger partial charge >= 0.3 is 0 Å². The minimum absolute atomic E-state index is 0.0228. The fraction of sp³-hybridized carbons (Fsp3) is 0.222. The number of allylic oxidation sites excluding steroid dienone is 2. The highest BCUT2D eigenvalue weighted by Crippen LogP contribution is 2.40. The van der Waals surface area contributed by atoms with E-state index in [1.165, 1.54) is 0 Å². The van der Waals surface area contributed by atoms with Crippen LogP contribution < -0.4 is 5.43 Å². The van der Waals surface area contributed by atoms with Gasteiger partial charge in [-0.25, -0.2) is 5.43 Å². The van der Waals surface area contributed by atoms with Gasteiger partial charge in [-0.2, -0.15) is 5.10 Å². The third kappa shape index (κ3) is 2.08. The first-order valence-corrected chi connectivity index (χ1v) is 7.47. The first kappa shape index (κ1) is 13.1. The lowest BCUT2D eigenvalue weighted by atomic mass is 9.74. The summed E-state index contributed by atoms with van der Waals surface area (Å²) in [7, 11) is 0. The first-order valence-electron chi connectivity index (χ1n) is 7.47. The Labute approximate surface area is 128 Å². The Balaban J connectivity index is 1.55. The third-order valence-electron chi connectivity index (χ3n) is 4.57. The molecule has 4 nitrogen and oxygen atoms in total. The Morgan fingerprint density at radius 2 is 2.00 bits per heavy atom. The monoisotopic (exact) mass is 292 g/mol. The highest BCUT2D eigenvalue weighted by Gasteiger charge is 2.38. The minimum Gasteiger partial charge on any atom is -0.507 e. The van der Waals surface area contributed by atoms with Crippen molar-refractivity contribution in [2.75, 3.05) is 0 Å². The molecule has 22 heavy (non-hydrogen) atoms. The maximum atomic E-state index is 12.3. The summed E-state index contributed by atoms with van der Waals surface area (Å²) in [6, 6.07) is 10.9. The molecule has 2 aromatic carbocycles. The molecule has 0 saturated heterocycles. The smallest absolute Gasteiger partial charge is 0.275 e. The number of aromatic hydroxyl groups is 1. The molecule has 0 aromatic heterocycles. The van der Waals surface area contributed by atoms with Crippen molar-refractivity contribution in [3.8, 4) is 5.75 Å². The number of hydrogen-bond donors (Lipinski definition) is 2. The zero-order chi connectivity index (χ0) is 15.1. The van der Waals surface area contributed by atoms with Gasteiger partial charge in [0.05, 0.1) is 5.56 Å². The molecule has 0 bridgehead atoms. The molecule has 2 aliphatic rings. The number of carbonyl (C=O) groups excluding carboxylic acids is 1. The third-order valence-corrected chi connectivity index (χ3v) is 4.57. The number of benzene rings is 2. The maximum absolute atomic E-state index is 12.3. The molecular formula is C18H16N2O2. The van der Waals surface area contributed by atoms with E-state index in [-0.39, 0.29) is 17.2 Å². The van der Waals surface area contributed by atoms with Crippen LogP contribution >= 0.6 is 0 Å². The molecule has 2 aromatic rings. The molecule has 2 atom stereocenters. The van der Waals surface area contributed by atoms with Crippen molar-refractivity contribution in [1.82, 2.24) is 5.43 Å². The topological polar surface area (TPSA) is 61.7 Å². The number of hydrogen-bond acceptors (Lipinski definition) is 3. The fourth-order valence-corrected chi connectivity index (χ4v) is 3.26. The maximum Gasteiger partial charge on any atom is 0.275 e. The SMILES string of the molecule is O=C(N/N=C1\C[C@H]2C=CC[C@H]12)c1cc2ccccc2cc1O. The molecule has 2 aliphatic carbocycles. The summed E-state index contributed by atoms with van der Waals surface area (Å²) < 4.78 is 0. The number of amides is 1. The summed E-state index contributed by atoms with van der Waals surface area (Å²) in [6.07, 6.45) is 6.33. The fourth-order valence-electron chi connectivity index (χ4n) is 3.26. The molecule has 4 heteroatoms. The predicted octanol–water partition coefficient (Wildman–Crippen LogP) is 3.23. The van der Waals surface area contributed by atoms with Gasteiger partial charge in [0.15, 0.2) is 0 Å². The predicted molar refractivity (Wildman–Crippen MR) is 85.9 cm³/mol. The van der Waals surface area contributed by atoms with Crippen molar-refractivity contribution in [2.24, 2.45) is 16.9 Å². The molecule has 1 fully saturated rings. The molecule has 4 rings (SSSR count). The van der Waals surface area contributed by atoms with Gasteiger partial charge in [0.25, 0.3) is 5.91 Å². The Bertz CT molecular complexity index is 823. The van der Waals surface area contributed by atoms with Crippen molar-refractivity contribution >= 4 is 22.4 Å². The van der Waals surface area contributed by atoms with Crippen LogP contribution in [0.3, 0.4) is 0 Å². The van der Waals surface area contributed by atoms with Gasteiger partial charge < -0.3 is 5.11 Å². The minimum atomic E-state index is -0.370. The van der Waals surface area contributed by atoms with E-state index in [1.807, 2.05) is 24.3 Å². The first-order chi connectivity index (χ1) is 10.7. The zero-order valence-electron chi connectivity index (χ0n) is 12.0. The summed E-state index contributed by atoms with van der Waals surface area (Å²) in [5.74, 6) is 0.672. The van der Waals surface area contributed by atoms with Gasteiger partial charge in [0, 0.05) is 11.6 Å². The number of carbonyl (C=O) groups is 1. The lowest BCUT2D eigenvalue weighted by molar-refractivity contribution is 0.0951. The average molecular weight is 292 g/mol. The van der Waals surface area contributed by atoms with Crippen molar-refractivity contribution in [3.63, 3.8) is 0 Å². The lowest BCUT2D eigenvalue weighted by Gasteiger charge is -2.31. The van der Waals surface area contributed by atoms with E-state index < -0.39 is 0 Å². The van der Waals surface area contributed by atoms with E-state index in [0.29, 0.717) is 11.8 Å². The van der Waals surface area contributed by atoms with Crippen LogP contribution in [-0.2, 0) is 0 Å². The van der Waals surface area contributed by atoms with E-state index in [0.717, 1.165) is 29.3 Å². The van der Waals surface area contributed by atoms with Gasteiger partial charge in [-0.3, -0.25) is 4.79 Å². The summed E-state index contributed by atoms with van der Waals surface area (Å²) in [4.78, 5) is 12.3. The van der Waals surface area contributed by atoms with Crippen LogP contribution in [0, 0.1) is 11.8 Å². The number of phenolic OH excluding ortho intramolecular Hbond substituents is 1. The summed E-state index contributed by atoms with van der Waals surface area (Å²) in [6.45, 7) is 0. The van der Waals surface area contributed by atoms with Crippen LogP contribution in [0.2, 0.25) is 0 Å². The number of hydrazone groups is 1. The number of rotatable bonds is 2. The quantitative estimate of drug-likeness (QED) is 0.659. The molecule has 0 aliphatic heterocycles. The molecule has 0 unspecified atom stereocenters.